The second kappa shape index (κ2) is 7.51. The number of hydrogen-bond donors (Lipinski definition) is 2. The number of ether oxygens (including phenoxy) is 1. The first kappa shape index (κ1) is 16.0. The lowest BCUT2D eigenvalue weighted by Crippen LogP contribution is -2.25. The van der Waals surface area contributed by atoms with Crippen LogP contribution in [0, 0.1) is 19.8 Å². The van der Waals surface area contributed by atoms with Crippen LogP contribution in [0.15, 0.2) is 12.1 Å². The van der Waals surface area contributed by atoms with Crippen molar-refractivity contribution < 1.29 is 4.74 Å². The maximum atomic E-state index is 5.78. The van der Waals surface area contributed by atoms with Crippen LogP contribution < -0.4 is 16.2 Å². The molecule has 0 aliphatic heterocycles. The summed E-state index contributed by atoms with van der Waals surface area (Å²) in [4.78, 5) is 0. The van der Waals surface area contributed by atoms with Crippen LogP contribution in [-0.4, -0.2) is 20.2 Å². The minimum Gasteiger partial charge on any atom is -0.496 e. The Hall–Kier alpha value is -1.06. The van der Waals surface area contributed by atoms with Crippen LogP contribution in [-0.2, 0) is 0 Å². The molecular weight excluding hydrogens is 236 g/mol. The Bertz CT molecular complexity index is 400. The van der Waals surface area contributed by atoms with Gasteiger partial charge in [-0.15, -0.1) is 0 Å². The number of rotatable bonds is 7. The first-order valence-corrected chi connectivity index (χ1v) is 7.13. The van der Waals surface area contributed by atoms with Gasteiger partial charge in [-0.2, -0.15) is 0 Å². The van der Waals surface area contributed by atoms with Gasteiger partial charge >= 0.3 is 0 Å². The van der Waals surface area contributed by atoms with E-state index in [4.69, 9.17) is 16.2 Å². The van der Waals surface area contributed by atoms with Gasteiger partial charge in [0.05, 0.1) is 7.11 Å². The molecule has 0 amide bonds. The predicted molar refractivity (Wildman–Crippen MR) is 81.7 cm³/mol. The van der Waals surface area contributed by atoms with E-state index in [2.05, 4.69) is 32.9 Å². The molecule has 1 aromatic carbocycles. The minimum atomic E-state index is 0.409. The summed E-state index contributed by atoms with van der Waals surface area (Å²) in [6, 6.07) is 4.26. The Kier molecular flexibility index (Phi) is 6.32. The van der Waals surface area contributed by atoms with Crippen molar-refractivity contribution in [3.8, 4) is 5.75 Å². The Morgan fingerprint density at radius 2 is 1.74 bits per heavy atom. The molecular formula is C16H28N2O. The van der Waals surface area contributed by atoms with Crippen LogP contribution in [0.3, 0.4) is 0 Å². The van der Waals surface area contributed by atoms with Crippen molar-refractivity contribution in [1.82, 2.24) is 0 Å². The SMILES string of the molecule is CCC(CC(CN)CN)c1ccc(OC)c(C)c1C. The van der Waals surface area contributed by atoms with Crippen LogP contribution >= 0.6 is 0 Å². The molecule has 0 aromatic heterocycles. The normalized spacial score (nSPS) is 12.8. The van der Waals surface area contributed by atoms with Crippen molar-refractivity contribution in [2.24, 2.45) is 17.4 Å². The van der Waals surface area contributed by atoms with Gasteiger partial charge in [-0.3, -0.25) is 0 Å². The van der Waals surface area contributed by atoms with Gasteiger partial charge in [-0.05, 0) is 74.4 Å². The molecule has 3 heteroatoms. The molecule has 19 heavy (non-hydrogen) atoms. The average molecular weight is 264 g/mol. The molecule has 3 nitrogen and oxygen atoms in total. The van der Waals surface area contributed by atoms with Crippen molar-refractivity contribution in [1.29, 1.82) is 0 Å². The zero-order valence-corrected chi connectivity index (χ0v) is 12.7. The summed E-state index contributed by atoms with van der Waals surface area (Å²) in [5, 5.41) is 0. The molecule has 0 heterocycles. The third kappa shape index (κ3) is 3.71. The Morgan fingerprint density at radius 3 is 2.21 bits per heavy atom. The lowest BCUT2D eigenvalue weighted by atomic mass is 9.83. The van der Waals surface area contributed by atoms with E-state index >= 15 is 0 Å². The summed E-state index contributed by atoms with van der Waals surface area (Å²) in [7, 11) is 1.72. The molecule has 0 aliphatic rings. The molecule has 1 atom stereocenters. The third-order valence-corrected chi connectivity index (χ3v) is 4.22. The van der Waals surface area contributed by atoms with Crippen molar-refractivity contribution >= 4 is 0 Å². The monoisotopic (exact) mass is 264 g/mol. The second-order valence-electron chi connectivity index (χ2n) is 5.29. The van der Waals surface area contributed by atoms with E-state index in [1.807, 2.05) is 0 Å². The van der Waals surface area contributed by atoms with E-state index in [-0.39, 0.29) is 0 Å². The molecule has 4 N–H and O–H groups in total. The number of methoxy groups -OCH3 is 1. The van der Waals surface area contributed by atoms with E-state index in [1.54, 1.807) is 7.11 Å². The molecule has 0 bridgehead atoms. The highest BCUT2D eigenvalue weighted by atomic mass is 16.5. The quantitative estimate of drug-likeness (QED) is 0.796. The molecule has 1 unspecified atom stereocenters. The smallest absolute Gasteiger partial charge is 0.122 e. The topological polar surface area (TPSA) is 61.3 Å². The third-order valence-electron chi connectivity index (χ3n) is 4.22. The molecule has 0 saturated heterocycles. The molecule has 1 rings (SSSR count). The maximum Gasteiger partial charge on any atom is 0.122 e. The molecule has 0 aliphatic carbocycles. The van der Waals surface area contributed by atoms with Gasteiger partial charge in [0.2, 0.25) is 0 Å². The molecule has 1 aromatic rings. The largest absolute Gasteiger partial charge is 0.496 e. The summed E-state index contributed by atoms with van der Waals surface area (Å²) >= 11 is 0. The fraction of sp³-hybridized carbons (Fsp3) is 0.625. The lowest BCUT2D eigenvalue weighted by Gasteiger charge is -2.24. The van der Waals surface area contributed by atoms with Gasteiger partial charge in [-0.25, -0.2) is 0 Å². The van der Waals surface area contributed by atoms with E-state index < -0.39 is 0 Å². The van der Waals surface area contributed by atoms with Gasteiger partial charge in [0, 0.05) is 0 Å². The van der Waals surface area contributed by atoms with E-state index in [1.165, 1.54) is 16.7 Å². The molecule has 0 fully saturated rings. The summed E-state index contributed by atoms with van der Waals surface area (Å²) in [6.45, 7) is 7.86. The molecule has 0 radical (unpaired) electrons. The van der Waals surface area contributed by atoms with Crippen LogP contribution in [0.2, 0.25) is 0 Å². The van der Waals surface area contributed by atoms with E-state index in [0.29, 0.717) is 24.9 Å². The van der Waals surface area contributed by atoms with Crippen LogP contribution in [0.4, 0.5) is 0 Å². The standard InChI is InChI=1S/C16H28N2O/c1-5-14(8-13(9-17)10-18)15-6-7-16(19-4)12(3)11(15)2/h6-7,13-14H,5,8-10,17-18H2,1-4H3. The van der Waals surface area contributed by atoms with E-state index in [0.717, 1.165) is 18.6 Å². The Balaban J connectivity index is 3.02. The molecule has 0 saturated carbocycles. The maximum absolute atomic E-state index is 5.78. The van der Waals surface area contributed by atoms with Crippen LogP contribution in [0.25, 0.3) is 0 Å². The zero-order valence-electron chi connectivity index (χ0n) is 12.7. The van der Waals surface area contributed by atoms with Crippen LogP contribution in [0.5, 0.6) is 5.75 Å². The van der Waals surface area contributed by atoms with E-state index in [9.17, 15) is 0 Å². The van der Waals surface area contributed by atoms with Crippen molar-refractivity contribution in [2.45, 2.75) is 39.5 Å². The van der Waals surface area contributed by atoms with Crippen LogP contribution in [0.1, 0.15) is 42.4 Å². The molecule has 108 valence electrons. The van der Waals surface area contributed by atoms with Gasteiger partial charge in [0.25, 0.3) is 0 Å². The summed E-state index contributed by atoms with van der Waals surface area (Å²) < 4.78 is 5.38. The predicted octanol–water partition coefficient (Wildman–Crippen LogP) is 2.73. The Morgan fingerprint density at radius 1 is 1.11 bits per heavy atom. The second-order valence-corrected chi connectivity index (χ2v) is 5.29. The summed E-state index contributed by atoms with van der Waals surface area (Å²) in [5.41, 5.74) is 15.5. The summed E-state index contributed by atoms with van der Waals surface area (Å²) in [6.07, 6.45) is 2.18. The first-order valence-electron chi connectivity index (χ1n) is 7.13. The zero-order chi connectivity index (χ0) is 14.4. The number of nitrogens with two attached hydrogens (primary N) is 2. The fourth-order valence-electron chi connectivity index (χ4n) is 2.68. The minimum absolute atomic E-state index is 0.409. The van der Waals surface area contributed by atoms with Gasteiger partial charge in [0.1, 0.15) is 5.75 Å². The fourth-order valence-corrected chi connectivity index (χ4v) is 2.68. The van der Waals surface area contributed by atoms with Crippen molar-refractivity contribution in [2.75, 3.05) is 20.2 Å². The van der Waals surface area contributed by atoms with Gasteiger partial charge in [-0.1, -0.05) is 13.0 Å². The average Bonchev–Trinajstić information content (AvgIpc) is 2.44. The van der Waals surface area contributed by atoms with Crippen molar-refractivity contribution in [3.63, 3.8) is 0 Å². The van der Waals surface area contributed by atoms with Gasteiger partial charge in [0.15, 0.2) is 0 Å². The highest BCUT2D eigenvalue weighted by Gasteiger charge is 2.18. The Labute approximate surface area is 117 Å². The molecule has 0 spiro atoms. The lowest BCUT2D eigenvalue weighted by molar-refractivity contribution is 0.409. The van der Waals surface area contributed by atoms with Gasteiger partial charge < -0.3 is 16.2 Å². The highest BCUT2D eigenvalue weighted by Crippen LogP contribution is 2.33. The first-order chi connectivity index (χ1) is 9.08. The number of hydrogen-bond acceptors (Lipinski definition) is 3. The number of benzene rings is 1. The highest BCUT2D eigenvalue weighted by molar-refractivity contribution is 5.45. The summed E-state index contributed by atoms with van der Waals surface area (Å²) in [5.74, 6) is 1.90. The van der Waals surface area contributed by atoms with Crippen molar-refractivity contribution in [3.05, 3.63) is 28.8 Å².